The van der Waals surface area contributed by atoms with Crippen molar-refractivity contribution < 1.29 is 31.8 Å². The van der Waals surface area contributed by atoms with Crippen LogP contribution >= 0.6 is 11.6 Å². The van der Waals surface area contributed by atoms with E-state index < -0.39 is 28.4 Å². The Morgan fingerprint density at radius 3 is 1.98 bits per heavy atom. The number of fused-ring (bicyclic) bond motifs is 1. The number of aromatic nitrogens is 1. The maximum Gasteiger partial charge on any atom is 0.304 e. The van der Waals surface area contributed by atoms with E-state index in [1.807, 2.05) is 78.9 Å². The molecule has 7 nitrogen and oxygen atoms in total. The van der Waals surface area contributed by atoms with Crippen LogP contribution in [0.5, 0.6) is 11.5 Å². The number of hydrogen-bond donors (Lipinski definition) is 1. The smallest absolute Gasteiger partial charge is 0.304 e. The molecular formula is C42H37ClF3N3O4. The first kappa shape index (κ1) is 36.1. The van der Waals surface area contributed by atoms with E-state index in [9.17, 15) is 0 Å². The van der Waals surface area contributed by atoms with Gasteiger partial charge in [0.1, 0.15) is 46.4 Å². The van der Waals surface area contributed by atoms with Gasteiger partial charge in [-0.25, -0.2) is 18.2 Å². The van der Waals surface area contributed by atoms with Crippen LogP contribution in [0.4, 0.5) is 13.2 Å². The van der Waals surface area contributed by atoms with Crippen LogP contribution in [0.3, 0.4) is 0 Å². The van der Waals surface area contributed by atoms with Crippen LogP contribution in [-0.2, 0) is 15.8 Å². The molecule has 0 amide bonds. The van der Waals surface area contributed by atoms with Crippen LogP contribution in [0.2, 0.25) is 5.02 Å². The first-order valence-corrected chi connectivity index (χ1v) is 17.3. The first-order valence-electron chi connectivity index (χ1n) is 16.9. The summed E-state index contributed by atoms with van der Waals surface area (Å²) in [4.78, 5) is 9.29. The van der Waals surface area contributed by atoms with Gasteiger partial charge in [-0.3, -0.25) is 4.99 Å². The molecule has 1 aromatic heterocycles. The van der Waals surface area contributed by atoms with Crippen LogP contribution in [0.1, 0.15) is 43.0 Å². The number of halogens is 4. The molecule has 0 bridgehead atoms. The predicted octanol–water partition coefficient (Wildman–Crippen LogP) is 9.94. The third-order valence-corrected chi connectivity index (χ3v) is 10.2. The van der Waals surface area contributed by atoms with Gasteiger partial charge in [-0.2, -0.15) is 0 Å². The Hall–Kier alpha value is -5.32. The fourth-order valence-corrected chi connectivity index (χ4v) is 7.11. The molecule has 0 radical (unpaired) electrons. The lowest BCUT2D eigenvalue weighted by molar-refractivity contribution is -0.214. The lowest BCUT2D eigenvalue weighted by Crippen LogP contribution is -2.56. The number of ether oxygens (including phenoxy) is 3. The monoisotopic (exact) mass is 739 g/mol. The van der Waals surface area contributed by atoms with Crippen molar-refractivity contribution in [1.82, 2.24) is 10.3 Å². The minimum absolute atomic E-state index is 0.0644. The number of hydrogen-bond acceptors (Lipinski definition) is 7. The molecule has 6 aromatic rings. The highest BCUT2D eigenvalue weighted by Gasteiger charge is 2.64. The molecule has 7 rings (SSSR count). The highest BCUT2D eigenvalue weighted by atomic mass is 35.5. The summed E-state index contributed by atoms with van der Waals surface area (Å²) in [6.45, 7) is 3.46. The Morgan fingerprint density at radius 2 is 1.38 bits per heavy atom. The van der Waals surface area contributed by atoms with Crippen LogP contribution in [-0.4, -0.2) is 43.2 Å². The summed E-state index contributed by atoms with van der Waals surface area (Å²) in [7, 11) is 3.16. The zero-order chi connectivity index (χ0) is 37.6. The number of nitrogens with one attached hydrogen (secondary N) is 1. The molecule has 1 aliphatic heterocycles. The quantitative estimate of drug-likeness (QED) is 0.157. The summed E-state index contributed by atoms with van der Waals surface area (Å²) in [6, 6.07) is 33.3. The third kappa shape index (κ3) is 6.19. The molecular weight excluding hydrogens is 703 g/mol. The Bertz CT molecular complexity index is 2250. The van der Waals surface area contributed by atoms with Crippen molar-refractivity contribution in [2.45, 2.75) is 43.4 Å². The van der Waals surface area contributed by atoms with E-state index in [-0.39, 0.29) is 29.5 Å². The highest BCUT2D eigenvalue weighted by molar-refractivity contribution is 6.31. The van der Waals surface area contributed by atoms with Crippen molar-refractivity contribution >= 4 is 28.5 Å². The maximum absolute atomic E-state index is 17.1. The zero-order valence-corrected chi connectivity index (χ0v) is 30.5. The van der Waals surface area contributed by atoms with Gasteiger partial charge >= 0.3 is 5.92 Å². The summed E-state index contributed by atoms with van der Waals surface area (Å²) < 4.78 is 73.3. The van der Waals surface area contributed by atoms with Gasteiger partial charge in [-0.1, -0.05) is 66.2 Å². The Labute approximate surface area is 310 Å². The number of nitrogens with zero attached hydrogens (tertiary/aromatic N) is 2. The first-order chi connectivity index (χ1) is 25.3. The van der Waals surface area contributed by atoms with Gasteiger partial charge < -0.3 is 23.9 Å². The molecule has 272 valence electrons. The van der Waals surface area contributed by atoms with Crippen molar-refractivity contribution in [1.29, 1.82) is 0 Å². The zero-order valence-electron chi connectivity index (χ0n) is 29.7. The molecule has 0 saturated heterocycles. The number of benzene rings is 5. The van der Waals surface area contributed by atoms with E-state index in [0.717, 1.165) is 22.8 Å². The van der Waals surface area contributed by atoms with Crippen molar-refractivity contribution in [3.05, 3.63) is 148 Å². The van der Waals surface area contributed by atoms with Crippen LogP contribution < -0.4 is 14.8 Å². The highest BCUT2D eigenvalue weighted by Crippen LogP contribution is 2.51. The molecule has 0 saturated carbocycles. The minimum Gasteiger partial charge on any atom is -0.497 e. The lowest BCUT2D eigenvalue weighted by Gasteiger charge is -2.42. The average molecular weight is 740 g/mol. The molecule has 1 N–H and O–H groups in total. The number of rotatable bonds is 8. The van der Waals surface area contributed by atoms with E-state index in [1.165, 1.54) is 32.9 Å². The van der Waals surface area contributed by atoms with E-state index in [2.05, 4.69) is 10.3 Å². The van der Waals surface area contributed by atoms with Crippen molar-refractivity contribution in [2.75, 3.05) is 20.8 Å². The summed E-state index contributed by atoms with van der Waals surface area (Å²) in [5, 5.41) is 4.01. The third-order valence-electron chi connectivity index (χ3n) is 9.97. The van der Waals surface area contributed by atoms with Gasteiger partial charge in [0.05, 0.1) is 14.2 Å². The number of oxazole rings is 1. The maximum atomic E-state index is 17.1. The fraction of sp³-hybridized carbons (Fsp3) is 0.238. The van der Waals surface area contributed by atoms with Gasteiger partial charge in [-0.15, -0.1) is 0 Å². The second-order valence-corrected chi connectivity index (χ2v) is 14.0. The molecule has 1 unspecified atom stereocenters. The van der Waals surface area contributed by atoms with E-state index in [1.54, 1.807) is 32.4 Å². The Kier molecular flexibility index (Phi) is 9.24. The van der Waals surface area contributed by atoms with E-state index in [0.29, 0.717) is 27.6 Å². The van der Waals surface area contributed by atoms with Crippen LogP contribution in [0, 0.1) is 5.82 Å². The molecule has 53 heavy (non-hydrogen) atoms. The number of methoxy groups -OCH3 is 2. The number of amidine groups is 1. The predicted molar refractivity (Wildman–Crippen MR) is 200 cm³/mol. The van der Waals surface area contributed by atoms with Crippen molar-refractivity contribution in [3.63, 3.8) is 0 Å². The number of alkyl halides is 2. The second-order valence-electron chi connectivity index (χ2n) is 13.5. The van der Waals surface area contributed by atoms with Gasteiger partial charge in [0, 0.05) is 22.2 Å². The Balaban J connectivity index is 1.45. The lowest BCUT2D eigenvalue weighted by atomic mass is 9.76. The average Bonchev–Trinajstić information content (AvgIpc) is 3.57. The van der Waals surface area contributed by atoms with Gasteiger partial charge in [-0.05, 0) is 92.1 Å². The Morgan fingerprint density at radius 1 is 0.774 bits per heavy atom. The fourth-order valence-electron chi connectivity index (χ4n) is 6.95. The standard InChI is InChI=1S/C42H37ClF3N3O4/c1-39(2)42(45,46)40(3,33-23-26(11-21-34(33)44)38-47-35-22-16-30(43)24-36(35)53-38)48-37(25-52-39)49-41(27-9-7-6-8-10-27,28-12-17-31(50-4)18-13-28)29-14-19-32(51-5)20-15-29/h6-24H,25H2,1-5H3,(H,48,49). The molecule has 11 heteroatoms. The van der Waals surface area contributed by atoms with E-state index >= 15 is 13.2 Å². The van der Waals surface area contributed by atoms with Gasteiger partial charge in [0.15, 0.2) is 11.1 Å². The molecule has 5 aromatic carbocycles. The topological polar surface area (TPSA) is 78.1 Å². The molecule has 1 atom stereocenters. The molecule has 1 aliphatic rings. The summed E-state index contributed by atoms with van der Waals surface area (Å²) in [5.74, 6) is -3.18. The second kappa shape index (κ2) is 13.6. The molecule has 2 heterocycles. The van der Waals surface area contributed by atoms with E-state index in [4.69, 9.17) is 35.2 Å². The van der Waals surface area contributed by atoms with Crippen molar-refractivity contribution in [2.24, 2.45) is 4.99 Å². The normalized spacial score (nSPS) is 18.2. The summed E-state index contributed by atoms with van der Waals surface area (Å²) in [5.41, 5.74) is -2.70. The minimum atomic E-state index is -3.74. The van der Waals surface area contributed by atoms with Crippen LogP contribution in [0.25, 0.3) is 22.6 Å². The molecule has 0 spiro atoms. The summed E-state index contributed by atoms with van der Waals surface area (Å²) >= 11 is 6.15. The molecule has 0 aliphatic carbocycles. The van der Waals surface area contributed by atoms with Crippen molar-refractivity contribution in [3.8, 4) is 23.0 Å². The van der Waals surface area contributed by atoms with Crippen LogP contribution in [0.15, 0.2) is 125 Å². The SMILES string of the molecule is COc1ccc(C(NC2=NC(C)(c3cc(-c4nc5ccc(Cl)cc5o4)ccc3F)C(F)(F)C(C)(C)OC2)(c2ccccc2)c2ccc(OC)cc2)cc1. The van der Waals surface area contributed by atoms with Gasteiger partial charge in [0.25, 0.3) is 0 Å². The molecule has 0 fully saturated rings. The summed E-state index contributed by atoms with van der Waals surface area (Å²) in [6.07, 6.45) is 0. The van der Waals surface area contributed by atoms with Gasteiger partial charge in [0.2, 0.25) is 5.89 Å². The largest absolute Gasteiger partial charge is 0.497 e. The number of aliphatic imine (C=N–C) groups is 1.